The second-order valence-electron chi connectivity index (χ2n) is 14.8. The number of carbonyl (C=O) groups excluding carboxylic acids is 2. The number of unbranched alkanes of at least 4 members (excludes halogenated alkanes) is 18. The summed E-state index contributed by atoms with van der Waals surface area (Å²) in [5.41, 5.74) is 0. The lowest BCUT2D eigenvalue weighted by Gasteiger charge is -2.22. The molecule has 1 unspecified atom stereocenters. The number of nitrogens with zero attached hydrogens (tertiary/aromatic N) is 1. The lowest BCUT2D eigenvalue weighted by atomic mass is 9.94. The van der Waals surface area contributed by atoms with Gasteiger partial charge in [-0.1, -0.05) is 143 Å². The predicted octanol–water partition coefficient (Wildman–Crippen LogP) is 12.4. The van der Waals surface area contributed by atoms with Crippen LogP contribution in [-0.4, -0.2) is 67.7 Å². The Morgan fingerprint density at radius 1 is 0.480 bits per heavy atom. The third kappa shape index (κ3) is 32.6. The molecule has 7 heteroatoms. The average molecular weight is 712 g/mol. The second kappa shape index (κ2) is 38.9. The number of hydrogen-bond acceptors (Lipinski definition) is 7. The first-order valence-corrected chi connectivity index (χ1v) is 21.8. The lowest BCUT2D eigenvalue weighted by molar-refractivity contribution is -0.149. The van der Waals surface area contributed by atoms with E-state index < -0.39 is 6.16 Å². The fraction of sp³-hybridized carbons (Fsp3) is 0.953. The first-order valence-electron chi connectivity index (χ1n) is 21.8. The third-order valence-corrected chi connectivity index (χ3v) is 10.0. The molecule has 0 aromatic carbocycles. The molecule has 0 amide bonds. The summed E-state index contributed by atoms with van der Waals surface area (Å²) in [6.45, 7) is 13.1. The van der Waals surface area contributed by atoms with E-state index in [-0.39, 0.29) is 24.6 Å². The zero-order valence-corrected chi connectivity index (χ0v) is 33.8. The summed E-state index contributed by atoms with van der Waals surface area (Å²) in [7, 11) is 0. The van der Waals surface area contributed by atoms with E-state index in [0.717, 1.165) is 129 Å². The van der Waals surface area contributed by atoms with Crippen LogP contribution in [0.5, 0.6) is 0 Å². The van der Waals surface area contributed by atoms with Crippen LogP contribution in [0.3, 0.4) is 0 Å². The van der Waals surface area contributed by atoms with Gasteiger partial charge in [0.25, 0.3) is 0 Å². The summed E-state index contributed by atoms with van der Waals surface area (Å²) in [5, 5.41) is 9.39. The highest BCUT2D eigenvalue weighted by Gasteiger charge is 2.19. The van der Waals surface area contributed by atoms with Crippen LogP contribution in [0.4, 0.5) is 4.79 Å². The highest BCUT2D eigenvalue weighted by Crippen LogP contribution is 2.21. The van der Waals surface area contributed by atoms with E-state index in [2.05, 4.69) is 32.6 Å². The van der Waals surface area contributed by atoms with Gasteiger partial charge in [0, 0.05) is 13.2 Å². The number of ether oxygens (including phenoxy) is 3. The predicted molar refractivity (Wildman–Crippen MR) is 211 cm³/mol. The van der Waals surface area contributed by atoms with E-state index in [1.54, 1.807) is 0 Å². The maximum atomic E-state index is 12.9. The summed E-state index contributed by atoms with van der Waals surface area (Å²) in [4.78, 5) is 27.7. The molecule has 0 aromatic heterocycles. The van der Waals surface area contributed by atoms with E-state index in [1.165, 1.54) is 77.0 Å². The van der Waals surface area contributed by atoms with Crippen LogP contribution in [-0.2, 0) is 19.0 Å². The Morgan fingerprint density at radius 2 is 0.880 bits per heavy atom. The van der Waals surface area contributed by atoms with Crippen LogP contribution >= 0.6 is 0 Å². The van der Waals surface area contributed by atoms with Crippen molar-refractivity contribution >= 4 is 12.1 Å². The van der Waals surface area contributed by atoms with E-state index >= 15 is 0 Å². The highest BCUT2D eigenvalue weighted by atomic mass is 16.7. The summed E-state index contributed by atoms with van der Waals surface area (Å²) >= 11 is 0. The molecule has 0 saturated carbocycles. The molecule has 1 N–H and O–H groups in total. The molecular weight excluding hydrogens is 626 g/mol. The molecule has 0 heterocycles. The van der Waals surface area contributed by atoms with Crippen molar-refractivity contribution in [1.29, 1.82) is 0 Å². The van der Waals surface area contributed by atoms with Crippen molar-refractivity contribution in [3.63, 3.8) is 0 Å². The van der Waals surface area contributed by atoms with Crippen molar-refractivity contribution < 1.29 is 28.9 Å². The summed E-state index contributed by atoms with van der Waals surface area (Å²) in [5.74, 6) is 0.126. The van der Waals surface area contributed by atoms with Crippen LogP contribution in [0, 0.1) is 5.92 Å². The zero-order valence-electron chi connectivity index (χ0n) is 33.8. The fourth-order valence-electron chi connectivity index (χ4n) is 6.70. The van der Waals surface area contributed by atoms with E-state index in [1.807, 2.05) is 0 Å². The molecule has 1 atom stereocenters. The van der Waals surface area contributed by atoms with Crippen molar-refractivity contribution in [3.8, 4) is 0 Å². The summed E-state index contributed by atoms with van der Waals surface area (Å²) in [6.07, 6.45) is 31.9. The van der Waals surface area contributed by atoms with Gasteiger partial charge in [0.2, 0.25) is 0 Å². The van der Waals surface area contributed by atoms with Gasteiger partial charge in [-0.3, -0.25) is 4.79 Å². The third-order valence-electron chi connectivity index (χ3n) is 10.0. The summed E-state index contributed by atoms with van der Waals surface area (Å²) < 4.78 is 16.9. The van der Waals surface area contributed by atoms with Crippen molar-refractivity contribution in [2.45, 2.75) is 220 Å². The number of carbonyl (C=O) groups is 2. The van der Waals surface area contributed by atoms with E-state index in [0.29, 0.717) is 13.2 Å². The van der Waals surface area contributed by atoms with Crippen LogP contribution in [0.2, 0.25) is 0 Å². The number of esters is 1. The normalized spacial score (nSPS) is 12.1. The molecule has 298 valence electrons. The molecule has 0 aromatic rings. The molecular formula is C43H85NO6. The Balaban J connectivity index is 4.19. The molecule has 0 saturated heterocycles. The number of hydrogen-bond donors (Lipinski definition) is 1. The number of rotatable bonds is 39. The first kappa shape index (κ1) is 48.7. The van der Waals surface area contributed by atoms with Crippen LogP contribution in [0.15, 0.2) is 0 Å². The van der Waals surface area contributed by atoms with Gasteiger partial charge in [-0.15, -0.1) is 0 Å². The smallest absolute Gasteiger partial charge is 0.465 e. The Bertz CT molecular complexity index is 710. The maximum absolute atomic E-state index is 12.9. The van der Waals surface area contributed by atoms with E-state index in [4.69, 9.17) is 14.2 Å². The Kier molecular flexibility index (Phi) is 37.8. The van der Waals surface area contributed by atoms with Crippen molar-refractivity contribution in [1.82, 2.24) is 4.90 Å². The molecule has 0 fully saturated rings. The first-order chi connectivity index (χ1) is 24.5. The van der Waals surface area contributed by atoms with Crippen molar-refractivity contribution in [2.24, 2.45) is 5.92 Å². The number of aliphatic hydroxyl groups excluding tert-OH is 1. The summed E-state index contributed by atoms with van der Waals surface area (Å²) in [6, 6.07) is 0. The second-order valence-corrected chi connectivity index (χ2v) is 14.8. The minimum Gasteiger partial charge on any atom is -0.465 e. The van der Waals surface area contributed by atoms with E-state index in [9.17, 15) is 14.7 Å². The molecule has 0 aliphatic rings. The van der Waals surface area contributed by atoms with Gasteiger partial charge in [0.15, 0.2) is 0 Å². The van der Waals surface area contributed by atoms with Crippen LogP contribution < -0.4 is 0 Å². The highest BCUT2D eigenvalue weighted by molar-refractivity contribution is 5.72. The molecule has 0 rings (SSSR count). The monoisotopic (exact) mass is 712 g/mol. The zero-order chi connectivity index (χ0) is 36.8. The van der Waals surface area contributed by atoms with Gasteiger partial charge < -0.3 is 24.2 Å². The number of aliphatic hydroxyl groups is 1. The largest absolute Gasteiger partial charge is 0.508 e. The quantitative estimate of drug-likeness (QED) is 0.0502. The molecule has 0 spiro atoms. The molecule has 0 bridgehead atoms. The molecule has 7 nitrogen and oxygen atoms in total. The van der Waals surface area contributed by atoms with Gasteiger partial charge >= 0.3 is 12.1 Å². The Labute approximate surface area is 310 Å². The lowest BCUT2D eigenvalue weighted by Crippen LogP contribution is -2.28. The maximum Gasteiger partial charge on any atom is 0.508 e. The van der Waals surface area contributed by atoms with Gasteiger partial charge in [-0.05, 0) is 83.7 Å². The average Bonchev–Trinajstić information content (AvgIpc) is 3.11. The molecule has 0 aliphatic carbocycles. The van der Waals surface area contributed by atoms with Crippen molar-refractivity contribution in [2.75, 3.05) is 39.5 Å². The van der Waals surface area contributed by atoms with Gasteiger partial charge in [-0.25, -0.2) is 4.79 Å². The topological polar surface area (TPSA) is 85.3 Å². The molecule has 50 heavy (non-hydrogen) atoms. The SMILES string of the molecule is CCCCCCCCC(CCCCCC)C(=O)OCCCCCCN(CCCO)CCCCCCOC(=O)OC(CCCCC)CCCCC. The standard InChI is InChI=1S/C43H85NO6/c1-5-9-13-15-16-24-31-40(30-23-14-10-6-2)42(46)48-38-27-19-17-25-34-44(36-29-37-45)35-26-18-20-28-39-49-43(47)50-41(32-21-11-7-3)33-22-12-8-4/h40-41,45H,5-39H2,1-4H3. The molecule has 0 aliphatic heterocycles. The fourth-order valence-corrected chi connectivity index (χ4v) is 6.70. The van der Waals surface area contributed by atoms with Gasteiger partial charge in [-0.2, -0.15) is 0 Å². The van der Waals surface area contributed by atoms with Crippen molar-refractivity contribution in [3.05, 3.63) is 0 Å². The Morgan fingerprint density at radius 3 is 1.42 bits per heavy atom. The minimum atomic E-state index is -0.498. The van der Waals surface area contributed by atoms with Gasteiger partial charge in [0.05, 0.1) is 19.1 Å². The van der Waals surface area contributed by atoms with Gasteiger partial charge in [0.1, 0.15) is 6.10 Å². The molecule has 0 radical (unpaired) electrons. The van der Waals surface area contributed by atoms with Crippen LogP contribution in [0.25, 0.3) is 0 Å². The Hall–Kier alpha value is -1.34. The minimum absolute atomic E-state index is 0.00904. The van der Waals surface area contributed by atoms with Crippen LogP contribution in [0.1, 0.15) is 214 Å².